The van der Waals surface area contributed by atoms with Crippen molar-refractivity contribution in [1.82, 2.24) is 35.0 Å². The number of hydrogen-bond donors (Lipinski definition) is 2. The van der Waals surface area contributed by atoms with Gasteiger partial charge in [-0.15, -0.1) is 5.10 Å². The predicted molar refractivity (Wildman–Crippen MR) is 131 cm³/mol. The minimum Gasteiger partial charge on any atom is -0.494 e. The Kier molecular flexibility index (Phi) is 9.18. The number of aryl methyl sites for hydroxylation is 1. The number of aromatic nitrogens is 5. The molecule has 1 aliphatic heterocycles. The molecule has 35 heavy (non-hydrogen) atoms. The van der Waals surface area contributed by atoms with Gasteiger partial charge in [0.1, 0.15) is 5.75 Å². The average molecular weight is 486 g/mol. The van der Waals surface area contributed by atoms with Crippen molar-refractivity contribution in [2.75, 3.05) is 52.6 Å². The Morgan fingerprint density at radius 3 is 2.83 bits per heavy atom. The highest BCUT2D eigenvalue weighted by molar-refractivity contribution is 5.80. The lowest BCUT2D eigenvalue weighted by atomic mass is 10.1. The van der Waals surface area contributed by atoms with Crippen molar-refractivity contribution in [2.45, 2.75) is 39.4 Å². The van der Waals surface area contributed by atoms with Crippen LogP contribution in [0.5, 0.6) is 5.75 Å². The average Bonchev–Trinajstić information content (AvgIpc) is 3.30. The number of aliphatic hydroxyl groups is 1. The van der Waals surface area contributed by atoms with Gasteiger partial charge in [-0.1, -0.05) is 0 Å². The Balaban J connectivity index is 1.44. The van der Waals surface area contributed by atoms with E-state index in [0.717, 1.165) is 68.3 Å². The van der Waals surface area contributed by atoms with E-state index >= 15 is 0 Å². The van der Waals surface area contributed by atoms with Gasteiger partial charge in [0, 0.05) is 62.3 Å². The Morgan fingerprint density at radius 1 is 1.17 bits per heavy atom. The molecular formula is C24H35N7O4. The molecular weight excluding hydrogens is 450 g/mol. The molecule has 1 fully saturated rings. The number of benzene rings is 1. The first-order chi connectivity index (χ1) is 17.2. The third-order valence-electron chi connectivity index (χ3n) is 6.15. The van der Waals surface area contributed by atoms with Gasteiger partial charge in [-0.25, -0.2) is 4.68 Å². The molecule has 0 unspecified atom stereocenters. The summed E-state index contributed by atoms with van der Waals surface area (Å²) in [5.74, 6) is 1.52. The SMILES string of the molecule is CCOc1ccc2[nH]c(=O)c(CN(CCCO)Cc3nnnn3CCCN3CCOCC3)cc2c1. The summed E-state index contributed by atoms with van der Waals surface area (Å²) in [6.07, 6.45) is 1.54. The highest BCUT2D eigenvalue weighted by Crippen LogP contribution is 2.20. The molecule has 2 aromatic heterocycles. The number of pyridine rings is 1. The van der Waals surface area contributed by atoms with Crippen LogP contribution in [0.25, 0.3) is 10.9 Å². The molecule has 3 heterocycles. The molecule has 0 aliphatic carbocycles. The van der Waals surface area contributed by atoms with Gasteiger partial charge in [0.25, 0.3) is 5.56 Å². The Labute approximate surface area is 204 Å². The Bertz CT molecular complexity index is 1130. The fraction of sp³-hybridized carbons (Fsp3) is 0.583. The van der Waals surface area contributed by atoms with Crippen molar-refractivity contribution >= 4 is 10.9 Å². The summed E-state index contributed by atoms with van der Waals surface area (Å²) in [5.41, 5.74) is 1.30. The Hall–Kier alpha value is -2.86. The molecule has 4 rings (SSSR count). The smallest absolute Gasteiger partial charge is 0.252 e. The van der Waals surface area contributed by atoms with Gasteiger partial charge in [0.15, 0.2) is 5.82 Å². The van der Waals surface area contributed by atoms with Crippen molar-refractivity contribution in [1.29, 1.82) is 0 Å². The standard InChI is InChI=1S/C24H35N7O4/c1-2-35-21-5-6-22-19(16-21)15-20(24(33)25-22)17-30(8-4-12-32)18-23-26-27-28-31(23)9-3-7-29-10-13-34-14-11-29/h5-6,15-16,32H,2-4,7-14,17-18H2,1H3,(H,25,33). The van der Waals surface area contributed by atoms with Gasteiger partial charge >= 0.3 is 0 Å². The number of tetrazole rings is 1. The monoisotopic (exact) mass is 485 g/mol. The van der Waals surface area contributed by atoms with Crippen LogP contribution in [0.1, 0.15) is 31.2 Å². The maximum absolute atomic E-state index is 12.8. The fourth-order valence-electron chi connectivity index (χ4n) is 4.33. The number of ether oxygens (including phenoxy) is 2. The topological polar surface area (TPSA) is 122 Å². The van der Waals surface area contributed by atoms with Crippen LogP contribution in [0.4, 0.5) is 0 Å². The number of nitrogens with zero attached hydrogens (tertiary/aromatic N) is 6. The van der Waals surface area contributed by atoms with Crippen LogP contribution in [0.15, 0.2) is 29.1 Å². The van der Waals surface area contributed by atoms with Crippen molar-refractivity contribution in [3.63, 3.8) is 0 Å². The van der Waals surface area contributed by atoms with E-state index in [9.17, 15) is 9.90 Å². The number of morpholine rings is 1. The zero-order valence-electron chi connectivity index (χ0n) is 20.4. The summed E-state index contributed by atoms with van der Waals surface area (Å²) in [6, 6.07) is 7.56. The first-order valence-electron chi connectivity index (χ1n) is 12.3. The first-order valence-corrected chi connectivity index (χ1v) is 12.3. The molecule has 11 heteroatoms. The van der Waals surface area contributed by atoms with E-state index in [-0.39, 0.29) is 12.2 Å². The second-order valence-electron chi connectivity index (χ2n) is 8.72. The van der Waals surface area contributed by atoms with Crippen molar-refractivity contribution in [3.05, 3.63) is 46.0 Å². The number of aliphatic hydroxyl groups excluding tert-OH is 1. The minimum absolute atomic E-state index is 0.0762. The van der Waals surface area contributed by atoms with Crippen LogP contribution in [0.2, 0.25) is 0 Å². The quantitative estimate of drug-likeness (QED) is 0.365. The molecule has 0 atom stereocenters. The second kappa shape index (κ2) is 12.7. The van der Waals surface area contributed by atoms with Crippen molar-refractivity contribution in [3.8, 4) is 5.75 Å². The van der Waals surface area contributed by atoms with Crippen molar-refractivity contribution < 1.29 is 14.6 Å². The van der Waals surface area contributed by atoms with Crippen LogP contribution in [-0.4, -0.2) is 92.7 Å². The summed E-state index contributed by atoms with van der Waals surface area (Å²) in [5, 5.41) is 22.6. The van der Waals surface area contributed by atoms with Crippen LogP contribution >= 0.6 is 0 Å². The van der Waals surface area contributed by atoms with Gasteiger partial charge in [-0.3, -0.25) is 14.6 Å². The van der Waals surface area contributed by atoms with E-state index < -0.39 is 0 Å². The Morgan fingerprint density at radius 2 is 2.03 bits per heavy atom. The largest absolute Gasteiger partial charge is 0.494 e. The molecule has 1 saturated heterocycles. The van der Waals surface area contributed by atoms with Gasteiger partial charge in [-0.2, -0.15) is 0 Å². The minimum atomic E-state index is -0.124. The van der Waals surface area contributed by atoms with Crippen LogP contribution in [-0.2, 0) is 24.4 Å². The van der Waals surface area contributed by atoms with E-state index in [1.165, 1.54) is 0 Å². The van der Waals surface area contributed by atoms with E-state index in [0.29, 0.717) is 38.2 Å². The van der Waals surface area contributed by atoms with E-state index in [4.69, 9.17) is 9.47 Å². The van der Waals surface area contributed by atoms with E-state index in [1.54, 1.807) is 0 Å². The fourth-order valence-corrected chi connectivity index (χ4v) is 4.33. The molecule has 1 aromatic carbocycles. The van der Waals surface area contributed by atoms with E-state index in [2.05, 4.69) is 30.3 Å². The van der Waals surface area contributed by atoms with Gasteiger partial charge in [0.05, 0.1) is 26.4 Å². The number of hydrogen-bond acceptors (Lipinski definition) is 9. The molecule has 3 aromatic rings. The van der Waals surface area contributed by atoms with Gasteiger partial charge in [-0.05, 0) is 54.5 Å². The van der Waals surface area contributed by atoms with Gasteiger partial charge in [0.2, 0.25) is 0 Å². The van der Waals surface area contributed by atoms with Crippen molar-refractivity contribution in [2.24, 2.45) is 0 Å². The van der Waals surface area contributed by atoms with E-state index in [1.807, 2.05) is 35.9 Å². The number of fused-ring (bicyclic) bond motifs is 1. The molecule has 0 amide bonds. The summed E-state index contributed by atoms with van der Waals surface area (Å²) < 4.78 is 12.9. The molecule has 2 N–H and O–H groups in total. The molecule has 0 radical (unpaired) electrons. The van der Waals surface area contributed by atoms with Crippen LogP contribution in [0, 0.1) is 0 Å². The lowest BCUT2D eigenvalue weighted by Gasteiger charge is -2.26. The molecule has 0 spiro atoms. The number of rotatable bonds is 13. The molecule has 1 aliphatic rings. The summed E-state index contributed by atoms with van der Waals surface area (Å²) >= 11 is 0. The second-order valence-corrected chi connectivity index (χ2v) is 8.72. The first kappa shape index (κ1) is 25.2. The molecule has 0 bridgehead atoms. The van der Waals surface area contributed by atoms with Crippen LogP contribution in [0.3, 0.4) is 0 Å². The summed E-state index contributed by atoms with van der Waals surface area (Å²) in [4.78, 5) is 20.3. The number of nitrogens with one attached hydrogen (secondary N) is 1. The molecule has 190 valence electrons. The summed E-state index contributed by atoms with van der Waals surface area (Å²) in [6.45, 7) is 9.33. The third-order valence-corrected chi connectivity index (χ3v) is 6.15. The maximum atomic E-state index is 12.8. The lowest BCUT2D eigenvalue weighted by molar-refractivity contribution is 0.0367. The normalized spacial score (nSPS) is 14.7. The van der Waals surface area contributed by atoms with Gasteiger partial charge < -0.3 is 19.6 Å². The zero-order chi connectivity index (χ0) is 24.5. The maximum Gasteiger partial charge on any atom is 0.252 e. The number of aromatic amines is 1. The lowest BCUT2D eigenvalue weighted by Crippen LogP contribution is -2.37. The van der Waals surface area contributed by atoms with Crippen LogP contribution < -0.4 is 10.3 Å². The molecule has 11 nitrogen and oxygen atoms in total. The molecule has 0 saturated carbocycles. The third kappa shape index (κ3) is 7.07. The zero-order valence-corrected chi connectivity index (χ0v) is 20.4. The number of H-pyrrole nitrogens is 1. The highest BCUT2D eigenvalue weighted by atomic mass is 16.5. The predicted octanol–water partition coefficient (Wildman–Crippen LogP) is 1.02. The highest BCUT2D eigenvalue weighted by Gasteiger charge is 2.16. The summed E-state index contributed by atoms with van der Waals surface area (Å²) in [7, 11) is 0.